The lowest BCUT2D eigenvalue weighted by Crippen LogP contribution is -2.44. The van der Waals surface area contributed by atoms with Gasteiger partial charge in [0.25, 0.3) is 5.91 Å². The molecule has 0 aromatic heterocycles. The Morgan fingerprint density at radius 1 is 1.29 bits per heavy atom. The van der Waals surface area contributed by atoms with E-state index in [9.17, 15) is 4.79 Å². The van der Waals surface area contributed by atoms with Crippen molar-refractivity contribution in [3.8, 4) is 0 Å². The van der Waals surface area contributed by atoms with E-state index in [1.807, 2.05) is 4.90 Å². The summed E-state index contributed by atoms with van der Waals surface area (Å²) in [5.41, 5.74) is 6.45. The van der Waals surface area contributed by atoms with Crippen LogP contribution < -0.4 is 5.73 Å². The number of hydrogen-bond donors (Lipinski definition) is 1. The topological polar surface area (TPSA) is 46.3 Å². The SMILES string of the molecule is CCCN(C(=O)c1cc(Cl)ccc1Cl)C1CCC(N)CC1. The van der Waals surface area contributed by atoms with Crippen LogP contribution in [0.3, 0.4) is 0 Å². The third-order valence-electron chi connectivity index (χ3n) is 4.07. The van der Waals surface area contributed by atoms with E-state index in [-0.39, 0.29) is 18.0 Å². The molecule has 1 amide bonds. The van der Waals surface area contributed by atoms with Crippen molar-refractivity contribution in [1.29, 1.82) is 0 Å². The second-order valence-corrected chi connectivity index (χ2v) is 6.53. The van der Waals surface area contributed by atoms with Crippen molar-refractivity contribution in [3.05, 3.63) is 33.8 Å². The first kappa shape index (κ1) is 16.6. The van der Waals surface area contributed by atoms with Crippen LogP contribution in [0.4, 0.5) is 0 Å². The minimum Gasteiger partial charge on any atom is -0.336 e. The first-order chi connectivity index (χ1) is 10.0. The molecule has 2 rings (SSSR count). The molecule has 3 nitrogen and oxygen atoms in total. The van der Waals surface area contributed by atoms with Crippen molar-refractivity contribution in [1.82, 2.24) is 4.90 Å². The molecule has 21 heavy (non-hydrogen) atoms. The van der Waals surface area contributed by atoms with E-state index in [1.54, 1.807) is 18.2 Å². The molecule has 0 unspecified atom stereocenters. The molecule has 1 saturated carbocycles. The van der Waals surface area contributed by atoms with E-state index in [1.165, 1.54) is 0 Å². The van der Waals surface area contributed by atoms with Gasteiger partial charge in [0.15, 0.2) is 0 Å². The van der Waals surface area contributed by atoms with Gasteiger partial charge in [0.05, 0.1) is 10.6 Å². The molecule has 0 heterocycles. The Morgan fingerprint density at radius 3 is 2.57 bits per heavy atom. The fourth-order valence-electron chi connectivity index (χ4n) is 2.92. The van der Waals surface area contributed by atoms with Crippen molar-refractivity contribution in [2.24, 2.45) is 5.73 Å². The molecule has 0 aliphatic heterocycles. The lowest BCUT2D eigenvalue weighted by atomic mass is 9.90. The predicted molar refractivity (Wildman–Crippen MR) is 88.0 cm³/mol. The van der Waals surface area contributed by atoms with Gasteiger partial charge in [-0.15, -0.1) is 0 Å². The summed E-state index contributed by atoms with van der Waals surface area (Å²) in [4.78, 5) is 14.8. The van der Waals surface area contributed by atoms with Crippen molar-refractivity contribution in [2.45, 2.75) is 51.1 Å². The Bertz CT molecular complexity index is 499. The Balaban J connectivity index is 2.20. The Kier molecular flexibility index (Phi) is 5.91. The van der Waals surface area contributed by atoms with Crippen LogP contribution >= 0.6 is 23.2 Å². The number of carbonyl (C=O) groups excluding carboxylic acids is 1. The summed E-state index contributed by atoms with van der Waals surface area (Å²) >= 11 is 12.2. The van der Waals surface area contributed by atoms with Gasteiger partial charge in [-0.05, 0) is 50.3 Å². The Hall–Kier alpha value is -0.770. The van der Waals surface area contributed by atoms with E-state index in [4.69, 9.17) is 28.9 Å². The number of rotatable bonds is 4. The summed E-state index contributed by atoms with van der Waals surface area (Å²) in [6.45, 7) is 2.82. The molecule has 0 atom stereocenters. The molecule has 0 radical (unpaired) electrons. The van der Waals surface area contributed by atoms with E-state index in [2.05, 4.69) is 6.92 Å². The van der Waals surface area contributed by atoms with Gasteiger partial charge in [-0.1, -0.05) is 30.1 Å². The number of benzene rings is 1. The fraction of sp³-hybridized carbons (Fsp3) is 0.562. The Morgan fingerprint density at radius 2 is 1.95 bits per heavy atom. The van der Waals surface area contributed by atoms with Crippen LogP contribution in [0.2, 0.25) is 10.0 Å². The summed E-state index contributed by atoms with van der Waals surface area (Å²) in [5, 5.41) is 0.989. The quantitative estimate of drug-likeness (QED) is 0.903. The standard InChI is InChI=1S/C16H22Cl2N2O/c1-2-9-20(13-6-4-12(19)5-7-13)16(21)14-10-11(17)3-8-15(14)18/h3,8,10,12-13H,2,4-7,9,19H2,1H3. The normalized spacial score (nSPS) is 22.1. The lowest BCUT2D eigenvalue weighted by molar-refractivity contribution is 0.0627. The monoisotopic (exact) mass is 328 g/mol. The first-order valence-electron chi connectivity index (χ1n) is 7.54. The van der Waals surface area contributed by atoms with Crippen LogP contribution in [-0.4, -0.2) is 29.4 Å². The second kappa shape index (κ2) is 7.48. The van der Waals surface area contributed by atoms with Crippen molar-refractivity contribution < 1.29 is 4.79 Å². The van der Waals surface area contributed by atoms with Crippen LogP contribution in [0.15, 0.2) is 18.2 Å². The largest absolute Gasteiger partial charge is 0.336 e. The summed E-state index contributed by atoms with van der Waals surface area (Å²) in [7, 11) is 0. The van der Waals surface area contributed by atoms with Gasteiger partial charge in [-0.25, -0.2) is 0 Å². The molecule has 1 aliphatic carbocycles. The molecular weight excluding hydrogens is 307 g/mol. The molecule has 116 valence electrons. The lowest BCUT2D eigenvalue weighted by Gasteiger charge is -2.36. The zero-order chi connectivity index (χ0) is 15.4. The average molecular weight is 329 g/mol. The Labute approximate surface area is 136 Å². The molecule has 1 aromatic carbocycles. The molecule has 0 saturated heterocycles. The summed E-state index contributed by atoms with van der Waals surface area (Å²) in [5.74, 6) is -0.0233. The minimum absolute atomic E-state index is 0.0233. The van der Waals surface area contributed by atoms with Gasteiger partial charge in [-0.3, -0.25) is 4.79 Å². The third kappa shape index (κ3) is 4.12. The van der Waals surface area contributed by atoms with E-state index < -0.39 is 0 Å². The number of halogens is 2. The number of nitrogens with zero attached hydrogens (tertiary/aromatic N) is 1. The smallest absolute Gasteiger partial charge is 0.255 e. The van der Waals surface area contributed by atoms with E-state index >= 15 is 0 Å². The highest BCUT2D eigenvalue weighted by atomic mass is 35.5. The van der Waals surface area contributed by atoms with Crippen LogP contribution in [0.25, 0.3) is 0 Å². The number of amides is 1. The zero-order valence-corrected chi connectivity index (χ0v) is 13.8. The highest BCUT2D eigenvalue weighted by molar-refractivity contribution is 6.35. The molecule has 2 N–H and O–H groups in total. The van der Waals surface area contributed by atoms with Crippen molar-refractivity contribution in [2.75, 3.05) is 6.54 Å². The summed E-state index contributed by atoms with van der Waals surface area (Å²) < 4.78 is 0. The molecular formula is C16H22Cl2N2O. The molecule has 1 fully saturated rings. The van der Waals surface area contributed by atoms with E-state index in [0.29, 0.717) is 15.6 Å². The molecule has 5 heteroatoms. The van der Waals surface area contributed by atoms with Gasteiger partial charge in [0, 0.05) is 23.7 Å². The highest BCUT2D eigenvalue weighted by Gasteiger charge is 2.28. The van der Waals surface area contributed by atoms with Gasteiger partial charge in [0.2, 0.25) is 0 Å². The van der Waals surface area contributed by atoms with Crippen LogP contribution in [-0.2, 0) is 0 Å². The van der Waals surface area contributed by atoms with Crippen molar-refractivity contribution in [3.63, 3.8) is 0 Å². The van der Waals surface area contributed by atoms with Crippen LogP contribution in [0.5, 0.6) is 0 Å². The summed E-state index contributed by atoms with van der Waals surface area (Å²) in [6, 6.07) is 5.56. The minimum atomic E-state index is -0.0233. The maximum atomic E-state index is 12.8. The van der Waals surface area contributed by atoms with Crippen LogP contribution in [0.1, 0.15) is 49.4 Å². The van der Waals surface area contributed by atoms with Gasteiger partial charge < -0.3 is 10.6 Å². The number of carbonyl (C=O) groups is 1. The van der Waals surface area contributed by atoms with Crippen LogP contribution in [0, 0.1) is 0 Å². The van der Waals surface area contributed by atoms with Crippen molar-refractivity contribution >= 4 is 29.1 Å². The predicted octanol–water partition coefficient (Wildman–Crippen LogP) is 4.12. The van der Waals surface area contributed by atoms with Gasteiger partial charge in [-0.2, -0.15) is 0 Å². The molecule has 1 aliphatic rings. The third-order valence-corrected chi connectivity index (χ3v) is 4.63. The second-order valence-electron chi connectivity index (χ2n) is 5.69. The zero-order valence-electron chi connectivity index (χ0n) is 12.3. The maximum absolute atomic E-state index is 12.8. The maximum Gasteiger partial charge on any atom is 0.255 e. The molecule has 0 bridgehead atoms. The molecule has 1 aromatic rings. The first-order valence-corrected chi connectivity index (χ1v) is 8.30. The molecule has 0 spiro atoms. The number of nitrogens with two attached hydrogens (primary N) is 1. The fourth-order valence-corrected chi connectivity index (χ4v) is 3.29. The van der Waals surface area contributed by atoms with Gasteiger partial charge in [0.1, 0.15) is 0 Å². The average Bonchev–Trinajstić information content (AvgIpc) is 2.48. The summed E-state index contributed by atoms with van der Waals surface area (Å²) in [6.07, 6.45) is 4.80. The number of hydrogen-bond acceptors (Lipinski definition) is 2. The van der Waals surface area contributed by atoms with Gasteiger partial charge >= 0.3 is 0 Å². The highest BCUT2D eigenvalue weighted by Crippen LogP contribution is 2.27. The van der Waals surface area contributed by atoms with E-state index in [0.717, 1.165) is 38.6 Å².